The average Bonchev–Trinajstić information content (AvgIpc) is 2.40. The Hall–Kier alpha value is -0.940. The Morgan fingerprint density at radius 2 is 1.90 bits per heavy atom. The van der Waals surface area contributed by atoms with E-state index in [1.165, 1.54) is 0 Å². The highest BCUT2D eigenvalue weighted by Gasteiger charge is 2.56. The highest BCUT2D eigenvalue weighted by atomic mass is 16.5. The molecule has 0 saturated carbocycles. The number of hydrogen-bond acceptors (Lipinski definition) is 3. The van der Waals surface area contributed by atoms with Crippen LogP contribution >= 0.6 is 0 Å². The molecule has 110 valence electrons. The number of hydroxylamine groups is 3. The van der Waals surface area contributed by atoms with Crippen LogP contribution in [-0.2, 0) is 9.59 Å². The van der Waals surface area contributed by atoms with Crippen LogP contribution in [-0.4, -0.2) is 53.0 Å². The van der Waals surface area contributed by atoms with Gasteiger partial charge in [-0.1, -0.05) is 0 Å². The summed E-state index contributed by atoms with van der Waals surface area (Å²) in [6.45, 7) is 2.21. The van der Waals surface area contributed by atoms with Crippen LogP contribution in [0.3, 0.4) is 0 Å². The molecule has 0 aliphatic carbocycles. The van der Waals surface area contributed by atoms with Crippen molar-refractivity contribution < 1.29 is 14.2 Å². The lowest BCUT2D eigenvalue weighted by atomic mass is 9.67. The number of amides is 1. The Morgan fingerprint density at radius 3 is 2.70 bits per heavy atom. The molecule has 0 aromatic carbocycles. The zero-order chi connectivity index (χ0) is 13.9. The molecule has 4 aliphatic rings. The van der Waals surface area contributed by atoms with Gasteiger partial charge in [-0.25, -0.2) is 0 Å². The van der Waals surface area contributed by atoms with E-state index in [-0.39, 0.29) is 40.8 Å². The summed E-state index contributed by atoms with van der Waals surface area (Å²) in [4.78, 5) is 25.9. The normalized spacial score (nSPS) is 47.8. The number of ketones is 1. The SMILES string of the molecule is O=C1CC(=O)N2C[C@@H]3CCC[N+]4([O-])CCC[C@@H]([C@H]34)[C@H]2C1. The fourth-order valence-corrected chi connectivity index (χ4v) is 5.41. The topological polar surface area (TPSA) is 60.4 Å². The molecule has 0 aromatic rings. The molecule has 4 fully saturated rings. The quantitative estimate of drug-likeness (QED) is 0.378. The van der Waals surface area contributed by atoms with E-state index in [4.69, 9.17) is 0 Å². The largest absolute Gasteiger partial charge is 0.633 e. The Bertz CT molecular complexity index is 462. The second kappa shape index (κ2) is 4.28. The van der Waals surface area contributed by atoms with Gasteiger partial charge in [0.25, 0.3) is 0 Å². The van der Waals surface area contributed by atoms with E-state index >= 15 is 0 Å². The number of hydrogen-bond donors (Lipinski definition) is 0. The van der Waals surface area contributed by atoms with Crippen LogP contribution in [0.1, 0.15) is 38.5 Å². The number of Topliss-reactive ketones (excluding diaryl/α,β-unsaturated/α-hetero) is 1. The third kappa shape index (κ3) is 1.69. The van der Waals surface area contributed by atoms with E-state index in [0.29, 0.717) is 12.3 Å². The molecule has 1 amide bonds. The van der Waals surface area contributed by atoms with Crippen LogP contribution in [0.2, 0.25) is 0 Å². The molecule has 5 nitrogen and oxygen atoms in total. The average molecular weight is 278 g/mol. The smallest absolute Gasteiger partial charge is 0.230 e. The molecule has 5 atom stereocenters. The first-order chi connectivity index (χ1) is 9.58. The molecule has 4 heterocycles. The first-order valence-electron chi connectivity index (χ1n) is 7.97. The van der Waals surface area contributed by atoms with Crippen molar-refractivity contribution in [3.8, 4) is 0 Å². The lowest BCUT2D eigenvalue weighted by Gasteiger charge is -2.64. The van der Waals surface area contributed by atoms with Gasteiger partial charge in [0.2, 0.25) is 5.91 Å². The first-order valence-corrected chi connectivity index (χ1v) is 7.97. The fraction of sp³-hybridized carbons (Fsp3) is 0.867. The minimum atomic E-state index is -0.0396. The summed E-state index contributed by atoms with van der Waals surface area (Å²) in [6.07, 6.45) is 4.60. The summed E-state index contributed by atoms with van der Waals surface area (Å²) in [6, 6.07) is 0.173. The molecule has 4 rings (SSSR count). The van der Waals surface area contributed by atoms with Crippen molar-refractivity contribution in [3.05, 3.63) is 5.21 Å². The summed E-state index contributed by atoms with van der Waals surface area (Å²) in [5.74, 6) is 0.693. The number of nitrogens with zero attached hydrogens (tertiary/aromatic N) is 2. The Kier molecular flexibility index (Phi) is 2.73. The van der Waals surface area contributed by atoms with Crippen LogP contribution < -0.4 is 0 Å². The second-order valence-electron chi connectivity index (χ2n) is 7.13. The van der Waals surface area contributed by atoms with Crippen molar-refractivity contribution in [2.24, 2.45) is 11.8 Å². The number of quaternary nitrogens is 1. The van der Waals surface area contributed by atoms with Gasteiger partial charge in [0, 0.05) is 30.8 Å². The Morgan fingerprint density at radius 1 is 1.15 bits per heavy atom. The Labute approximate surface area is 119 Å². The van der Waals surface area contributed by atoms with E-state index < -0.39 is 0 Å². The molecular weight excluding hydrogens is 256 g/mol. The van der Waals surface area contributed by atoms with Crippen molar-refractivity contribution in [2.45, 2.75) is 50.6 Å². The van der Waals surface area contributed by atoms with Crippen molar-refractivity contribution in [1.29, 1.82) is 0 Å². The molecular formula is C15H22N2O3. The maximum atomic E-state index is 13.1. The van der Waals surface area contributed by atoms with Crippen LogP contribution in [0.15, 0.2) is 0 Å². The van der Waals surface area contributed by atoms with Crippen LogP contribution in [0, 0.1) is 17.0 Å². The molecule has 0 spiro atoms. The number of fused-ring (bicyclic) bond motifs is 2. The number of piperidine rings is 4. The minimum Gasteiger partial charge on any atom is -0.633 e. The van der Waals surface area contributed by atoms with Gasteiger partial charge in [0.1, 0.15) is 5.78 Å². The highest BCUT2D eigenvalue weighted by Crippen LogP contribution is 2.47. The van der Waals surface area contributed by atoms with E-state index in [9.17, 15) is 14.8 Å². The van der Waals surface area contributed by atoms with Crippen LogP contribution in [0.25, 0.3) is 0 Å². The standard InChI is InChI=1S/C15H22N2O3/c18-11-7-13-12-4-2-6-17(20)5-1-3-10(15(12)17)9-16(13)14(19)8-11/h10,12-13,15H,1-9H2/t10-,12+,13+,15-,17?/m0/s1. The number of carbonyl (C=O) groups is 2. The lowest BCUT2D eigenvalue weighted by Crippen LogP contribution is -2.72. The zero-order valence-corrected chi connectivity index (χ0v) is 11.8. The van der Waals surface area contributed by atoms with E-state index in [2.05, 4.69) is 0 Å². The van der Waals surface area contributed by atoms with Gasteiger partial charge in [0.15, 0.2) is 0 Å². The van der Waals surface area contributed by atoms with Gasteiger partial charge in [-0.15, -0.1) is 0 Å². The Balaban J connectivity index is 1.71. The summed E-state index contributed by atoms with van der Waals surface area (Å²) in [7, 11) is 0. The molecule has 5 heteroatoms. The number of carbonyl (C=O) groups excluding carboxylic acids is 2. The molecule has 0 radical (unpaired) electrons. The minimum absolute atomic E-state index is 0.00449. The molecule has 0 N–H and O–H groups in total. The third-order valence-corrected chi connectivity index (χ3v) is 6.08. The van der Waals surface area contributed by atoms with Gasteiger partial charge in [-0.3, -0.25) is 9.59 Å². The van der Waals surface area contributed by atoms with Gasteiger partial charge in [0.05, 0.1) is 25.6 Å². The first kappa shape index (κ1) is 12.8. The summed E-state index contributed by atoms with van der Waals surface area (Å²) >= 11 is 0. The van der Waals surface area contributed by atoms with Gasteiger partial charge < -0.3 is 14.8 Å². The predicted octanol–water partition coefficient (Wildman–Crippen LogP) is 1.06. The van der Waals surface area contributed by atoms with E-state index in [1.54, 1.807) is 0 Å². The number of rotatable bonds is 0. The van der Waals surface area contributed by atoms with Crippen molar-refractivity contribution in [1.82, 2.24) is 4.90 Å². The summed E-state index contributed by atoms with van der Waals surface area (Å²) in [5.41, 5.74) is 0. The molecule has 4 saturated heterocycles. The second-order valence-corrected chi connectivity index (χ2v) is 7.13. The third-order valence-electron chi connectivity index (χ3n) is 6.08. The summed E-state index contributed by atoms with van der Waals surface area (Å²) < 4.78 is -0.0396. The zero-order valence-electron chi connectivity index (χ0n) is 11.8. The van der Waals surface area contributed by atoms with Crippen molar-refractivity contribution in [2.75, 3.05) is 19.6 Å². The van der Waals surface area contributed by atoms with Gasteiger partial charge >= 0.3 is 0 Å². The monoisotopic (exact) mass is 278 g/mol. The molecule has 0 aromatic heterocycles. The van der Waals surface area contributed by atoms with Crippen LogP contribution in [0.5, 0.6) is 0 Å². The molecule has 1 unspecified atom stereocenters. The highest BCUT2D eigenvalue weighted by molar-refractivity contribution is 6.00. The summed E-state index contributed by atoms with van der Waals surface area (Å²) in [5, 5.41) is 13.1. The fourth-order valence-electron chi connectivity index (χ4n) is 5.41. The molecule has 0 bridgehead atoms. The van der Waals surface area contributed by atoms with E-state index in [0.717, 1.165) is 45.3 Å². The predicted molar refractivity (Wildman–Crippen MR) is 72.3 cm³/mol. The van der Waals surface area contributed by atoms with Crippen molar-refractivity contribution >= 4 is 11.7 Å². The van der Waals surface area contributed by atoms with Crippen LogP contribution in [0.4, 0.5) is 0 Å². The van der Waals surface area contributed by atoms with Gasteiger partial charge in [-0.2, -0.15) is 0 Å². The molecule has 4 aliphatic heterocycles. The van der Waals surface area contributed by atoms with Gasteiger partial charge in [-0.05, 0) is 25.7 Å². The maximum absolute atomic E-state index is 13.1. The lowest BCUT2D eigenvalue weighted by molar-refractivity contribution is -0.925. The maximum Gasteiger partial charge on any atom is 0.230 e. The van der Waals surface area contributed by atoms with E-state index in [1.807, 2.05) is 4.90 Å². The van der Waals surface area contributed by atoms with Crippen molar-refractivity contribution in [3.63, 3.8) is 0 Å². The molecule has 20 heavy (non-hydrogen) atoms.